The molecule has 154 valence electrons. The molecule has 0 bridgehead atoms. The molecule has 2 aromatic carbocycles. The van der Waals surface area contributed by atoms with E-state index in [1.54, 1.807) is 37.5 Å². The zero-order valence-electron chi connectivity index (χ0n) is 17.2. The van der Waals surface area contributed by atoms with Crippen molar-refractivity contribution in [3.05, 3.63) is 78.5 Å². The first-order valence-corrected chi connectivity index (χ1v) is 9.56. The van der Waals surface area contributed by atoms with Gasteiger partial charge in [0.1, 0.15) is 5.75 Å². The largest absolute Gasteiger partial charge is 0.493 e. The lowest BCUT2D eigenvalue weighted by Crippen LogP contribution is -2.08. The summed E-state index contributed by atoms with van der Waals surface area (Å²) in [6, 6.07) is 18.3. The van der Waals surface area contributed by atoms with E-state index in [0.29, 0.717) is 23.1 Å². The van der Waals surface area contributed by atoms with Crippen LogP contribution in [-0.4, -0.2) is 24.1 Å². The first kappa shape index (κ1) is 20.9. The molecule has 3 aromatic rings. The number of anilines is 1. The van der Waals surface area contributed by atoms with Gasteiger partial charge in [-0.25, -0.2) is 4.98 Å². The number of aromatic nitrogens is 1. The van der Waals surface area contributed by atoms with E-state index in [4.69, 9.17) is 14.2 Å². The molecule has 30 heavy (non-hydrogen) atoms. The van der Waals surface area contributed by atoms with Crippen molar-refractivity contribution in [1.82, 2.24) is 4.98 Å². The number of hydrogen-bond donors (Lipinski definition) is 1. The van der Waals surface area contributed by atoms with Crippen LogP contribution in [0.25, 0.3) is 6.08 Å². The second-order valence-electron chi connectivity index (χ2n) is 6.70. The molecule has 0 saturated carbocycles. The highest BCUT2D eigenvalue weighted by Crippen LogP contribution is 2.30. The monoisotopic (exact) mass is 404 g/mol. The summed E-state index contributed by atoms with van der Waals surface area (Å²) in [5, 5.41) is 2.77. The fourth-order valence-electron chi connectivity index (χ4n) is 2.65. The third kappa shape index (κ3) is 6.10. The summed E-state index contributed by atoms with van der Waals surface area (Å²) in [6.07, 6.45) is 4.83. The van der Waals surface area contributed by atoms with Gasteiger partial charge in [-0.1, -0.05) is 24.3 Å². The van der Waals surface area contributed by atoms with Crippen LogP contribution in [0.1, 0.15) is 19.4 Å². The maximum atomic E-state index is 12.2. The molecule has 0 aliphatic carbocycles. The second kappa shape index (κ2) is 10.1. The first-order valence-electron chi connectivity index (χ1n) is 9.56. The fourth-order valence-corrected chi connectivity index (χ4v) is 2.65. The molecule has 0 fully saturated rings. The van der Waals surface area contributed by atoms with Crippen LogP contribution in [-0.2, 0) is 4.79 Å². The van der Waals surface area contributed by atoms with Crippen molar-refractivity contribution in [2.45, 2.75) is 20.0 Å². The molecule has 6 heteroatoms. The third-order valence-corrected chi connectivity index (χ3v) is 3.94. The number of hydrogen-bond acceptors (Lipinski definition) is 5. The topological polar surface area (TPSA) is 69.7 Å². The van der Waals surface area contributed by atoms with Crippen molar-refractivity contribution in [2.24, 2.45) is 0 Å². The summed E-state index contributed by atoms with van der Waals surface area (Å²) in [4.78, 5) is 16.4. The van der Waals surface area contributed by atoms with E-state index >= 15 is 0 Å². The van der Waals surface area contributed by atoms with Crippen molar-refractivity contribution in [3.63, 3.8) is 0 Å². The number of carbonyl (C=O) groups is 1. The number of carbonyl (C=O) groups excluding carboxylic acids is 1. The molecule has 1 amide bonds. The molecule has 0 aliphatic rings. The highest BCUT2D eigenvalue weighted by molar-refractivity contribution is 6.01. The van der Waals surface area contributed by atoms with E-state index in [1.165, 1.54) is 12.3 Å². The van der Waals surface area contributed by atoms with Crippen LogP contribution in [0.5, 0.6) is 23.1 Å². The second-order valence-corrected chi connectivity index (χ2v) is 6.70. The molecular formula is C24H24N2O4. The van der Waals surface area contributed by atoms with Gasteiger partial charge in [-0.3, -0.25) is 4.79 Å². The van der Waals surface area contributed by atoms with Crippen molar-refractivity contribution in [2.75, 3.05) is 12.4 Å². The molecule has 0 saturated heterocycles. The summed E-state index contributed by atoms with van der Waals surface area (Å²) < 4.78 is 16.7. The number of amides is 1. The highest BCUT2D eigenvalue weighted by Gasteiger charge is 2.06. The molecule has 1 heterocycles. The maximum Gasteiger partial charge on any atom is 0.248 e. The summed E-state index contributed by atoms with van der Waals surface area (Å²) in [7, 11) is 1.58. The summed E-state index contributed by atoms with van der Waals surface area (Å²) >= 11 is 0. The Hall–Kier alpha value is -3.80. The summed E-state index contributed by atoms with van der Waals surface area (Å²) in [5.41, 5.74) is 1.44. The number of benzene rings is 2. The zero-order valence-corrected chi connectivity index (χ0v) is 17.2. The molecule has 0 atom stereocenters. The molecule has 3 rings (SSSR count). The van der Waals surface area contributed by atoms with E-state index in [-0.39, 0.29) is 12.0 Å². The van der Waals surface area contributed by atoms with Crippen molar-refractivity contribution >= 4 is 17.7 Å². The molecule has 1 aromatic heterocycles. The Bertz CT molecular complexity index is 1010. The number of pyridine rings is 1. The van der Waals surface area contributed by atoms with Crippen molar-refractivity contribution < 1.29 is 19.0 Å². The van der Waals surface area contributed by atoms with Gasteiger partial charge in [0, 0.05) is 12.1 Å². The predicted molar refractivity (Wildman–Crippen MR) is 117 cm³/mol. The Balaban J connectivity index is 1.59. The van der Waals surface area contributed by atoms with Crippen LogP contribution in [0, 0.1) is 0 Å². The smallest absolute Gasteiger partial charge is 0.248 e. The first-order chi connectivity index (χ1) is 14.5. The lowest BCUT2D eigenvalue weighted by atomic mass is 10.2. The molecule has 6 nitrogen and oxygen atoms in total. The highest BCUT2D eigenvalue weighted by atomic mass is 16.5. The molecule has 0 aliphatic heterocycles. The van der Waals surface area contributed by atoms with Crippen LogP contribution in [0.3, 0.4) is 0 Å². The number of nitrogens with zero attached hydrogens (tertiary/aromatic N) is 1. The molecular weight excluding hydrogens is 380 g/mol. The Morgan fingerprint density at radius 2 is 1.83 bits per heavy atom. The quantitative estimate of drug-likeness (QED) is 0.515. The standard InChI is InChI=1S/C24H24N2O4/c1-17(2)29-20-8-6-7-18(15-20)11-13-23(27)26-19-12-14-24(25-16-19)30-22-10-5-4-9-21(22)28-3/h4-17H,1-3H3,(H,26,27)/b13-11+. The fraction of sp³-hybridized carbons (Fsp3) is 0.167. The van der Waals surface area contributed by atoms with Gasteiger partial charge in [0.25, 0.3) is 0 Å². The van der Waals surface area contributed by atoms with E-state index < -0.39 is 0 Å². The normalized spacial score (nSPS) is 10.8. The van der Waals surface area contributed by atoms with E-state index in [2.05, 4.69) is 10.3 Å². The SMILES string of the molecule is COc1ccccc1Oc1ccc(NC(=O)/C=C/c2cccc(OC(C)C)c2)cn1. The number of ether oxygens (including phenoxy) is 3. The number of methoxy groups -OCH3 is 1. The molecule has 0 spiro atoms. The number of rotatable bonds is 8. The maximum absolute atomic E-state index is 12.2. The zero-order chi connectivity index (χ0) is 21.3. The Morgan fingerprint density at radius 1 is 1.03 bits per heavy atom. The lowest BCUT2D eigenvalue weighted by Gasteiger charge is -2.10. The van der Waals surface area contributed by atoms with Gasteiger partial charge in [-0.05, 0) is 55.8 Å². The summed E-state index contributed by atoms with van der Waals surface area (Å²) in [5.74, 6) is 2.09. The Morgan fingerprint density at radius 3 is 2.53 bits per heavy atom. The van der Waals surface area contributed by atoms with Crippen LogP contribution in [0.4, 0.5) is 5.69 Å². The van der Waals surface area contributed by atoms with Gasteiger partial charge in [0.05, 0.1) is 25.1 Å². The molecule has 0 radical (unpaired) electrons. The van der Waals surface area contributed by atoms with Gasteiger partial charge in [-0.15, -0.1) is 0 Å². The minimum absolute atomic E-state index is 0.0926. The summed E-state index contributed by atoms with van der Waals surface area (Å²) in [6.45, 7) is 3.94. The molecule has 0 unspecified atom stereocenters. The Labute approximate surface area is 176 Å². The van der Waals surface area contributed by atoms with Gasteiger partial charge in [0.2, 0.25) is 11.8 Å². The number of para-hydroxylation sites is 2. The minimum atomic E-state index is -0.259. The van der Waals surface area contributed by atoms with Crippen LogP contribution < -0.4 is 19.5 Å². The Kier molecular flexibility index (Phi) is 7.05. The van der Waals surface area contributed by atoms with Crippen LogP contribution >= 0.6 is 0 Å². The predicted octanol–water partition coefficient (Wildman–Crippen LogP) is 5.32. The van der Waals surface area contributed by atoms with Gasteiger partial charge in [0.15, 0.2) is 11.5 Å². The van der Waals surface area contributed by atoms with Crippen LogP contribution in [0.2, 0.25) is 0 Å². The lowest BCUT2D eigenvalue weighted by molar-refractivity contribution is -0.111. The van der Waals surface area contributed by atoms with E-state index in [9.17, 15) is 4.79 Å². The third-order valence-electron chi connectivity index (χ3n) is 3.94. The van der Waals surface area contributed by atoms with Crippen molar-refractivity contribution in [1.29, 1.82) is 0 Å². The van der Waals surface area contributed by atoms with E-state index in [1.807, 2.05) is 50.2 Å². The van der Waals surface area contributed by atoms with Gasteiger partial charge < -0.3 is 19.5 Å². The van der Waals surface area contributed by atoms with Crippen molar-refractivity contribution in [3.8, 4) is 23.1 Å². The minimum Gasteiger partial charge on any atom is -0.493 e. The van der Waals surface area contributed by atoms with E-state index in [0.717, 1.165) is 11.3 Å². The average molecular weight is 404 g/mol. The average Bonchev–Trinajstić information content (AvgIpc) is 2.74. The number of nitrogens with one attached hydrogen (secondary N) is 1. The van der Waals surface area contributed by atoms with Crippen LogP contribution in [0.15, 0.2) is 72.9 Å². The van der Waals surface area contributed by atoms with Gasteiger partial charge >= 0.3 is 0 Å². The van der Waals surface area contributed by atoms with Gasteiger partial charge in [-0.2, -0.15) is 0 Å². The molecule has 1 N–H and O–H groups in total.